The maximum absolute atomic E-state index is 12.0. The lowest BCUT2D eigenvalue weighted by molar-refractivity contribution is 0.0945. The first kappa shape index (κ1) is 14.8. The van der Waals surface area contributed by atoms with Crippen LogP contribution in [-0.2, 0) is 4.74 Å². The quantitative estimate of drug-likeness (QED) is 0.773. The predicted molar refractivity (Wildman–Crippen MR) is 71.5 cm³/mol. The van der Waals surface area contributed by atoms with Gasteiger partial charge in [-0.3, -0.25) is 4.79 Å². The summed E-state index contributed by atoms with van der Waals surface area (Å²) in [5.74, 6) is 0.385. The summed E-state index contributed by atoms with van der Waals surface area (Å²) in [6, 6.07) is 7.12. The Labute approximate surface area is 112 Å². The lowest BCUT2D eigenvalue weighted by atomic mass is 10.2. The topological polar surface area (TPSA) is 47.6 Å². The minimum absolute atomic E-state index is 0.194. The van der Waals surface area contributed by atoms with Crippen LogP contribution in [0.4, 0.5) is 0 Å². The van der Waals surface area contributed by atoms with Gasteiger partial charge in [-0.15, -0.1) is 11.6 Å². The number of hydrogen-bond acceptors (Lipinski definition) is 3. The molecule has 18 heavy (non-hydrogen) atoms. The molecule has 0 aliphatic carbocycles. The van der Waals surface area contributed by atoms with Gasteiger partial charge in [-0.05, 0) is 19.1 Å². The van der Waals surface area contributed by atoms with E-state index in [0.717, 1.165) is 0 Å². The van der Waals surface area contributed by atoms with E-state index >= 15 is 0 Å². The molecule has 5 heteroatoms. The lowest BCUT2D eigenvalue weighted by Gasteiger charge is -2.12. The predicted octanol–water partition coefficient (Wildman–Crippen LogP) is 2.07. The van der Waals surface area contributed by atoms with Crippen LogP contribution in [0.1, 0.15) is 17.3 Å². The zero-order valence-corrected chi connectivity index (χ0v) is 11.4. The maximum Gasteiger partial charge on any atom is 0.255 e. The van der Waals surface area contributed by atoms with Gasteiger partial charge in [0.15, 0.2) is 0 Å². The molecule has 0 radical (unpaired) electrons. The molecule has 1 rings (SSSR count). The second kappa shape index (κ2) is 7.95. The van der Waals surface area contributed by atoms with Crippen LogP contribution in [0.15, 0.2) is 24.3 Å². The SMILES string of the molecule is CCOc1ccccc1C(=O)NCC(Cl)COC. The summed E-state index contributed by atoms with van der Waals surface area (Å²) in [5.41, 5.74) is 0.514. The minimum atomic E-state index is -0.238. The van der Waals surface area contributed by atoms with E-state index in [4.69, 9.17) is 21.1 Å². The Morgan fingerprint density at radius 1 is 1.44 bits per heavy atom. The third kappa shape index (κ3) is 4.55. The molecular formula is C13H18ClNO3. The first-order valence-corrected chi connectivity index (χ1v) is 6.25. The highest BCUT2D eigenvalue weighted by atomic mass is 35.5. The van der Waals surface area contributed by atoms with Crippen LogP contribution in [0.25, 0.3) is 0 Å². The van der Waals surface area contributed by atoms with Crippen molar-refractivity contribution >= 4 is 17.5 Å². The number of carbonyl (C=O) groups excluding carboxylic acids is 1. The van der Waals surface area contributed by atoms with E-state index in [2.05, 4.69) is 5.32 Å². The minimum Gasteiger partial charge on any atom is -0.493 e. The number of nitrogens with one attached hydrogen (secondary N) is 1. The Morgan fingerprint density at radius 3 is 2.83 bits per heavy atom. The zero-order chi connectivity index (χ0) is 13.4. The van der Waals surface area contributed by atoms with Crippen LogP contribution in [0.3, 0.4) is 0 Å². The van der Waals surface area contributed by atoms with E-state index in [-0.39, 0.29) is 11.3 Å². The van der Waals surface area contributed by atoms with Crippen LogP contribution in [0.2, 0.25) is 0 Å². The molecule has 0 aliphatic heterocycles. The number of benzene rings is 1. The maximum atomic E-state index is 12.0. The van der Waals surface area contributed by atoms with E-state index in [1.807, 2.05) is 13.0 Å². The van der Waals surface area contributed by atoms with Gasteiger partial charge in [0.2, 0.25) is 0 Å². The molecule has 1 atom stereocenters. The first-order chi connectivity index (χ1) is 8.69. The third-order valence-corrected chi connectivity index (χ3v) is 2.54. The third-order valence-electron chi connectivity index (χ3n) is 2.26. The number of rotatable bonds is 7. The Kier molecular flexibility index (Phi) is 6.54. The molecule has 0 saturated heterocycles. The summed E-state index contributed by atoms with van der Waals surface area (Å²) < 4.78 is 10.3. The molecular weight excluding hydrogens is 254 g/mol. The molecule has 1 N–H and O–H groups in total. The highest BCUT2D eigenvalue weighted by Crippen LogP contribution is 2.17. The van der Waals surface area contributed by atoms with Crippen molar-refractivity contribution in [3.8, 4) is 5.75 Å². The molecule has 1 unspecified atom stereocenters. The van der Waals surface area contributed by atoms with Gasteiger partial charge in [-0.1, -0.05) is 12.1 Å². The van der Waals surface area contributed by atoms with Gasteiger partial charge in [0, 0.05) is 13.7 Å². The number of methoxy groups -OCH3 is 1. The van der Waals surface area contributed by atoms with Crippen LogP contribution in [-0.4, -0.2) is 38.2 Å². The molecule has 0 bridgehead atoms. The standard InChI is InChI=1S/C13H18ClNO3/c1-3-18-12-7-5-4-6-11(12)13(16)15-8-10(14)9-17-2/h4-7,10H,3,8-9H2,1-2H3,(H,15,16). The molecule has 100 valence electrons. The van der Waals surface area contributed by atoms with Crippen molar-refractivity contribution in [2.45, 2.75) is 12.3 Å². The summed E-state index contributed by atoms with van der Waals surface area (Å²) in [6.07, 6.45) is 0. The largest absolute Gasteiger partial charge is 0.493 e. The van der Waals surface area contributed by atoms with E-state index in [9.17, 15) is 4.79 Å². The number of para-hydroxylation sites is 1. The van der Waals surface area contributed by atoms with Gasteiger partial charge < -0.3 is 14.8 Å². The average Bonchev–Trinajstić information content (AvgIpc) is 2.37. The first-order valence-electron chi connectivity index (χ1n) is 5.82. The molecule has 0 spiro atoms. The normalized spacial score (nSPS) is 11.9. The Morgan fingerprint density at radius 2 is 2.17 bits per heavy atom. The molecule has 1 aromatic carbocycles. The molecule has 4 nitrogen and oxygen atoms in total. The van der Waals surface area contributed by atoms with E-state index in [1.54, 1.807) is 25.3 Å². The number of amides is 1. The van der Waals surface area contributed by atoms with Gasteiger partial charge in [0.1, 0.15) is 5.75 Å². The van der Waals surface area contributed by atoms with E-state index in [0.29, 0.717) is 31.1 Å². The fourth-order valence-corrected chi connectivity index (χ4v) is 1.68. The highest BCUT2D eigenvalue weighted by molar-refractivity contribution is 6.21. The molecule has 0 aromatic heterocycles. The summed E-state index contributed by atoms with van der Waals surface area (Å²) in [6.45, 7) is 3.15. The Balaban J connectivity index is 2.60. The van der Waals surface area contributed by atoms with Gasteiger partial charge in [0.05, 0.1) is 24.2 Å². The van der Waals surface area contributed by atoms with Crippen LogP contribution in [0, 0.1) is 0 Å². The van der Waals surface area contributed by atoms with Crippen molar-refractivity contribution in [3.05, 3.63) is 29.8 Å². The van der Waals surface area contributed by atoms with Crippen molar-refractivity contribution in [3.63, 3.8) is 0 Å². The summed E-state index contributed by atoms with van der Waals surface area (Å²) in [7, 11) is 1.57. The summed E-state index contributed by atoms with van der Waals surface area (Å²) in [5, 5.41) is 2.51. The van der Waals surface area contributed by atoms with Gasteiger partial charge in [0.25, 0.3) is 5.91 Å². The smallest absolute Gasteiger partial charge is 0.255 e. The molecule has 0 fully saturated rings. The number of halogens is 1. The van der Waals surface area contributed by atoms with Crippen molar-refractivity contribution in [2.75, 3.05) is 26.9 Å². The van der Waals surface area contributed by atoms with Crippen LogP contribution >= 0.6 is 11.6 Å². The number of ether oxygens (including phenoxy) is 2. The van der Waals surface area contributed by atoms with Crippen molar-refractivity contribution in [1.82, 2.24) is 5.32 Å². The zero-order valence-electron chi connectivity index (χ0n) is 10.6. The molecule has 0 aliphatic rings. The van der Waals surface area contributed by atoms with Gasteiger partial charge >= 0.3 is 0 Å². The highest BCUT2D eigenvalue weighted by Gasteiger charge is 2.13. The van der Waals surface area contributed by atoms with Crippen molar-refractivity contribution in [1.29, 1.82) is 0 Å². The number of hydrogen-bond donors (Lipinski definition) is 1. The Bertz CT molecular complexity index is 384. The molecule has 1 aromatic rings. The summed E-state index contributed by atoms with van der Waals surface area (Å²) >= 11 is 5.94. The van der Waals surface area contributed by atoms with Crippen molar-refractivity contribution in [2.24, 2.45) is 0 Å². The second-order valence-corrected chi connectivity index (χ2v) is 4.31. The van der Waals surface area contributed by atoms with Gasteiger partial charge in [-0.25, -0.2) is 0 Å². The lowest BCUT2D eigenvalue weighted by Crippen LogP contribution is -2.31. The van der Waals surface area contributed by atoms with Gasteiger partial charge in [-0.2, -0.15) is 0 Å². The average molecular weight is 272 g/mol. The number of carbonyl (C=O) groups is 1. The number of alkyl halides is 1. The van der Waals surface area contributed by atoms with Crippen molar-refractivity contribution < 1.29 is 14.3 Å². The van der Waals surface area contributed by atoms with E-state index in [1.165, 1.54) is 0 Å². The monoisotopic (exact) mass is 271 g/mol. The van der Waals surface area contributed by atoms with Crippen LogP contribution in [0.5, 0.6) is 5.75 Å². The second-order valence-electron chi connectivity index (χ2n) is 3.69. The van der Waals surface area contributed by atoms with E-state index < -0.39 is 0 Å². The summed E-state index contributed by atoms with van der Waals surface area (Å²) in [4.78, 5) is 12.0. The molecule has 1 amide bonds. The Hall–Kier alpha value is -1.26. The molecule has 0 heterocycles. The fraction of sp³-hybridized carbons (Fsp3) is 0.462. The molecule has 0 saturated carbocycles. The van der Waals surface area contributed by atoms with Crippen LogP contribution < -0.4 is 10.1 Å². The fourth-order valence-electron chi connectivity index (χ4n) is 1.47.